The molecule has 0 aliphatic carbocycles. The van der Waals surface area contributed by atoms with Crippen LogP contribution in [0.4, 0.5) is 26.3 Å². The first-order valence-electron chi connectivity index (χ1n) is 10.2. The van der Waals surface area contributed by atoms with Gasteiger partial charge in [0.2, 0.25) is 0 Å². The van der Waals surface area contributed by atoms with Gasteiger partial charge in [0, 0.05) is 5.54 Å². The van der Waals surface area contributed by atoms with Crippen molar-refractivity contribution in [1.29, 1.82) is 0 Å². The number of rotatable bonds is 6. The lowest BCUT2D eigenvalue weighted by molar-refractivity contribution is -0.138. The van der Waals surface area contributed by atoms with Gasteiger partial charge in [-0.15, -0.1) is 0 Å². The second-order valence-corrected chi connectivity index (χ2v) is 11.1. The highest BCUT2D eigenvalue weighted by atomic mass is 31.1. The van der Waals surface area contributed by atoms with E-state index >= 15 is 0 Å². The SMILES string of the molecule is CCNC(NC(C)(C)C)P(c1cc(C)cc(C(F)(F)F)c1)c1cc(C)cc(C(F)(F)F)c1. The molecular formula is C23H29F6N2P. The summed E-state index contributed by atoms with van der Waals surface area (Å²) in [6.07, 6.45) is -9.12. The van der Waals surface area contributed by atoms with E-state index in [1.165, 1.54) is 0 Å². The molecular weight excluding hydrogens is 449 g/mol. The van der Waals surface area contributed by atoms with E-state index in [1.807, 2.05) is 27.7 Å². The summed E-state index contributed by atoms with van der Waals surface area (Å²) in [5, 5.41) is 7.32. The molecule has 1 atom stereocenters. The topological polar surface area (TPSA) is 24.1 Å². The number of nitrogens with one attached hydrogen (secondary N) is 2. The van der Waals surface area contributed by atoms with Crippen molar-refractivity contribution in [3.05, 3.63) is 58.7 Å². The maximum Gasteiger partial charge on any atom is 0.416 e. The van der Waals surface area contributed by atoms with Gasteiger partial charge in [-0.1, -0.05) is 19.1 Å². The molecule has 0 aliphatic rings. The van der Waals surface area contributed by atoms with Crippen molar-refractivity contribution in [2.24, 2.45) is 0 Å². The van der Waals surface area contributed by atoms with E-state index in [9.17, 15) is 26.3 Å². The van der Waals surface area contributed by atoms with Crippen LogP contribution >= 0.6 is 7.92 Å². The van der Waals surface area contributed by atoms with Crippen LogP contribution in [0.3, 0.4) is 0 Å². The van der Waals surface area contributed by atoms with Gasteiger partial charge in [0.05, 0.1) is 17.0 Å². The van der Waals surface area contributed by atoms with Crippen LogP contribution in [0.25, 0.3) is 0 Å². The zero-order valence-corrected chi connectivity index (χ0v) is 19.9. The minimum atomic E-state index is -4.56. The van der Waals surface area contributed by atoms with E-state index in [2.05, 4.69) is 10.6 Å². The minimum absolute atomic E-state index is 0.355. The van der Waals surface area contributed by atoms with Gasteiger partial charge in [-0.2, -0.15) is 26.3 Å². The minimum Gasteiger partial charge on any atom is -0.298 e. The van der Waals surface area contributed by atoms with Crippen molar-refractivity contribution in [1.82, 2.24) is 10.6 Å². The van der Waals surface area contributed by atoms with Crippen LogP contribution < -0.4 is 21.2 Å². The second kappa shape index (κ2) is 9.70. The Balaban J connectivity index is 2.80. The first kappa shape index (κ1) is 26.6. The lowest BCUT2D eigenvalue weighted by atomic mass is 10.1. The van der Waals surface area contributed by atoms with Gasteiger partial charge in [0.1, 0.15) is 0 Å². The number of hydrogen-bond acceptors (Lipinski definition) is 2. The Kier molecular flexibility index (Phi) is 8.07. The molecule has 2 aromatic rings. The van der Waals surface area contributed by atoms with Crippen LogP contribution in [0.15, 0.2) is 36.4 Å². The molecule has 9 heteroatoms. The van der Waals surface area contributed by atoms with Gasteiger partial charge in [-0.25, -0.2) is 0 Å². The molecule has 0 aliphatic heterocycles. The fraction of sp³-hybridized carbons (Fsp3) is 0.478. The van der Waals surface area contributed by atoms with Crippen LogP contribution in [0.5, 0.6) is 0 Å². The molecule has 0 spiro atoms. The normalized spacial score (nSPS) is 14.2. The van der Waals surface area contributed by atoms with E-state index in [1.54, 1.807) is 26.0 Å². The molecule has 0 aromatic heterocycles. The monoisotopic (exact) mass is 478 g/mol. The average Bonchev–Trinajstić information content (AvgIpc) is 2.58. The first-order valence-corrected chi connectivity index (χ1v) is 11.6. The average molecular weight is 478 g/mol. The number of benzene rings is 2. The summed E-state index contributed by atoms with van der Waals surface area (Å²) in [4.78, 5) is 0. The Morgan fingerprint density at radius 2 is 1.16 bits per heavy atom. The molecule has 0 heterocycles. The molecule has 0 radical (unpaired) electrons. The van der Waals surface area contributed by atoms with E-state index in [-0.39, 0.29) is 0 Å². The third kappa shape index (κ3) is 7.19. The Labute approximate surface area is 186 Å². The van der Waals surface area contributed by atoms with Gasteiger partial charge in [0.25, 0.3) is 0 Å². The summed E-state index contributed by atoms with van der Waals surface area (Å²) in [5.41, 5.74) is -1.25. The van der Waals surface area contributed by atoms with Gasteiger partial charge in [0.15, 0.2) is 0 Å². The maximum atomic E-state index is 13.5. The van der Waals surface area contributed by atoms with Crippen LogP contribution in [0, 0.1) is 13.8 Å². The highest BCUT2D eigenvalue weighted by molar-refractivity contribution is 7.73. The summed E-state index contributed by atoms with van der Waals surface area (Å²) in [6.45, 7) is 11.2. The van der Waals surface area contributed by atoms with Crippen LogP contribution in [-0.4, -0.2) is 18.0 Å². The Morgan fingerprint density at radius 1 is 0.750 bits per heavy atom. The molecule has 0 bridgehead atoms. The molecule has 32 heavy (non-hydrogen) atoms. The van der Waals surface area contributed by atoms with Gasteiger partial charge < -0.3 is 0 Å². The number of hydrogen-bond donors (Lipinski definition) is 2. The third-order valence-electron chi connectivity index (χ3n) is 4.56. The highest BCUT2D eigenvalue weighted by Crippen LogP contribution is 2.42. The van der Waals surface area contributed by atoms with Gasteiger partial charge in [-0.05, 0) is 95.1 Å². The quantitative estimate of drug-likeness (QED) is 0.300. The van der Waals surface area contributed by atoms with Crippen molar-refractivity contribution in [2.45, 2.75) is 65.3 Å². The van der Waals surface area contributed by atoms with E-state index in [0.29, 0.717) is 28.3 Å². The van der Waals surface area contributed by atoms with Crippen molar-refractivity contribution in [3.63, 3.8) is 0 Å². The fourth-order valence-electron chi connectivity index (χ4n) is 3.39. The zero-order valence-electron chi connectivity index (χ0n) is 19.0. The fourth-order valence-corrected chi connectivity index (χ4v) is 6.41. The maximum absolute atomic E-state index is 13.5. The lowest BCUT2D eigenvalue weighted by Crippen LogP contribution is -2.52. The first-order chi connectivity index (χ1) is 14.5. The zero-order chi connectivity index (χ0) is 24.5. The van der Waals surface area contributed by atoms with Gasteiger partial charge in [-0.3, -0.25) is 10.6 Å². The summed E-state index contributed by atoms with van der Waals surface area (Å²) < 4.78 is 81.3. The van der Waals surface area contributed by atoms with Crippen LogP contribution in [-0.2, 0) is 12.4 Å². The molecule has 2 nitrogen and oxygen atoms in total. The van der Waals surface area contributed by atoms with Gasteiger partial charge >= 0.3 is 12.4 Å². The lowest BCUT2D eigenvalue weighted by Gasteiger charge is -2.36. The van der Waals surface area contributed by atoms with Crippen LogP contribution in [0.2, 0.25) is 0 Å². The third-order valence-corrected chi connectivity index (χ3v) is 7.02. The largest absolute Gasteiger partial charge is 0.416 e. The van der Waals surface area contributed by atoms with Crippen molar-refractivity contribution in [3.8, 4) is 0 Å². The number of alkyl halides is 6. The highest BCUT2D eigenvalue weighted by Gasteiger charge is 2.36. The summed E-state index contributed by atoms with van der Waals surface area (Å²) in [5.74, 6) is -0.541. The van der Waals surface area contributed by atoms with E-state index < -0.39 is 42.8 Å². The van der Waals surface area contributed by atoms with E-state index in [4.69, 9.17) is 0 Å². The molecule has 0 saturated heterocycles. The summed E-state index contributed by atoms with van der Waals surface area (Å²) >= 11 is 0. The number of aryl methyl sites for hydroxylation is 2. The molecule has 178 valence electrons. The molecule has 0 amide bonds. The van der Waals surface area contributed by atoms with Crippen molar-refractivity contribution >= 4 is 18.5 Å². The molecule has 2 N–H and O–H groups in total. The summed E-state index contributed by atoms with van der Waals surface area (Å²) in [7, 11) is -1.67. The molecule has 0 saturated carbocycles. The Morgan fingerprint density at radius 3 is 1.47 bits per heavy atom. The Hall–Kier alpha value is -1.63. The molecule has 1 unspecified atom stereocenters. The van der Waals surface area contributed by atoms with Crippen molar-refractivity contribution < 1.29 is 26.3 Å². The predicted octanol–water partition coefficient (Wildman–Crippen LogP) is 6.05. The number of halogens is 6. The standard InChI is InChI=1S/C23H29F6N2P/c1-7-30-20(31-21(4,5)6)32(18-10-14(2)8-16(12-18)22(24,25)26)19-11-15(3)9-17(13-19)23(27,28)29/h8-13,20,30-31H,7H2,1-6H3. The molecule has 2 rings (SSSR count). The smallest absolute Gasteiger partial charge is 0.298 e. The van der Waals surface area contributed by atoms with Crippen LogP contribution in [0.1, 0.15) is 49.9 Å². The molecule has 0 fully saturated rings. The Bertz CT molecular complexity index is 868. The second-order valence-electron chi connectivity index (χ2n) is 8.83. The van der Waals surface area contributed by atoms with Crippen molar-refractivity contribution in [2.75, 3.05) is 6.54 Å². The summed E-state index contributed by atoms with van der Waals surface area (Å²) in [6, 6.07) is 7.48. The predicted molar refractivity (Wildman–Crippen MR) is 119 cm³/mol. The van der Waals surface area contributed by atoms with E-state index in [0.717, 1.165) is 24.3 Å². The molecule has 2 aromatic carbocycles.